The van der Waals surface area contributed by atoms with Gasteiger partial charge in [-0.25, -0.2) is 4.79 Å². The summed E-state index contributed by atoms with van der Waals surface area (Å²) in [6.45, 7) is 3.49. The van der Waals surface area contributed by atoms with Gasteiger partial charge in [-0.05, 0) is 37.6 Å². The van der Waals surface area contributed by atoms with Crippen LogP contribution in [0, 0.1) is 0 Å². The number of alkyl halides is 3. The van der Waals surface area contributed by atoms with Crippen LogP contribution in [-0.4, -0.2) is 25.8 Å². The van der Waals surface area contributed by atoms with Gasteiger partial charge in [0.05, 0.1) is 5.56 Å². The first kappa shape index (κ1) is 16.3. The van der Waals surface area contributed by atoms with Gasteiger partial charge in [0.2, 0.25) is 0 Å². The van der Waals surface area contributed by atoms with Gasteiger partial charge in [0.25, 0.3) is 0 Å². The maximum absolute atomic E-state index is 12.3. The molecule has 0 saturated carbocycles. The molecule has 0 unspecified atom stereocenters. The molecule has 1 aromatic rings. The minimum atomic E-state index is -4.37. The van der Waals surface area contributed by atoms with Crippen molar-refractivity contribution in [2.24, 2.45) is 0 Å². The maximum Gasteiger partial charge on any atom is 0.416 e. The number of hydrogen-bond donors (Lipinski definition) is 2. The van der Waals surface area contributed by atoms with Crippen molar-refractivity contribution in [1.82, 2.24) is 5.32 Å². The van der Waals surface area contributed by atoms with Crippen LogP contribution < -0.4 is 10.6 Å². The highest BCUT2D eigenvalue weighted by Gasteiger charge is 2.29. The van der Waals surface area contributed by atoms with Gasteiger partial charge in [0.1, 0.15) is 0 Å². The summed E-state index contributed by atoms with van der Waals surface area (Å²) in [4.78, 5) is 11.4. The topological polar surface area (TPSA) is 50.4 Å². The number of rotatable bonds is 6. The van der Waals surface area contributed by atoms with Gasteiger partial charge in [-0.15, -0.1) is 0 Å². The number of anilines is 1. The van der Waals surface area contributed by atoms with Crippen molar-refractivity contribution in [3.8, 4) is 0 Å². The molecule has 0 radical (unpaired) electrons. The van der Waals surface area contributed by atoms with E-state index in [0.717, 1.165) is 12.1 Å². The van der Waals surface area contributed by atoms with Gasteiger partial charge >= 0.3 is 12.2 Å². The Morgan fingerprint density at radius 2 is 1.90 bits per heavy atom. The highest BCUT2D eigenvalue weighted by atomic mass is 19.4. The molecule has 0 heterocycles. The summed E-state index contributed by atoms with van der Waals surface area (Å²) in [7, 11) is 0. The predicted octanol–water partition coefficient (Wildman–Crippen LogP) is 3.25. The molecule has 7 heteroatoms. The Balaban J connectivity index is 2.35. The first-order valence-electron chi connectivity index (χ1n) is 6.23. The van der Waals surface area contributed by atoms with E-state index in [1.165, 1.54) is 12.1 Å². The number of amides is 2. The van der Waals surface area contributed by atoms with Crippen LogP contribution in [-0.2, 0) is 10.9 Å². The maximum atomic E-state index is 12.3. The van der Waals surface area contributed by atoms with Crippen molar-refractivity contribution in [2.75, 3.05) is 25.1 Å². The lowest BCUT2D eigenvalue weighted by Crippen LogP contribution is -2.30. The normalized spacial score (nSPS) is 11.2. The monoisotopic (exact) mass is 290 g/mol. The number of carbonyl (C=O) groups excluding carboxylic acids is 1. The Morgan fingerprint density at radius 1 is 1.25 bits per heavy atom. The van der Waals surface area contributed by atoms with Crippen LogP contribution >= 0.6 is 0 Å². The van der Waals surface area contributed by atoms with Gasteiger partial charge < -0.3 is 15.4 Å². The minimum Gasteiger partial charge on any atom is -0.382 e. The zero-order valence-corrected chi connectivity index (χ0v) is 11.1. The Morgan fingerprint density at radius 3 is 2.45 bits per heavy atom. The van der Waals surface area contributed by atoms with Crippen molar-refractivity contribution >= 4 is 11.7 Å². The van der Waals surface area contributed by atoms with Crippen LogP contribution in [0.4, 0.5) is 23.7 Å². The number of nitrogens with one attached hydrogen (secondary N) is 2. The molecule has 0 aliphatic carbocycles. The predicted molar refractivity (Wildman–Crippen MR) is 69.6 cm³/mol. The summed E-state index contributed by atoms with van der Waals surface area (Å²) in [5, 5.41) is 5.04. The molecule has 1 aromatic carbocycles. The van der Waals surface area contributed by atoms with Crippen molar-refractivity contribution in [1.29, 1.82) is 0 Å². The van der Waals surface area contributed by atoms with Crippen molar-refractivity contribution in [3.63, 3.8) is 0 Å². The van der Waals surface area contributed by atoms with Crippen LogP contribution in [0.15, 0.2) is 24.3 Å². The van der Waals surface area contributed by atoms with E-state index in [4.69, 9.17) is 4.74 Å². The Labute approximate surface area is 115 Å². The molecule has 0 aliphatic heterocycles. The van der Waals surface area contributed by atoms with Crippen molar-refractivity contribution in [2.45, 2.75) is 19.5 Å². The zero-order chi connectivity index (χ0) is 15.0. The summed E-state index contributed by atoms with van der Waals surface area (Å²) in [5.41, 5.74) is -0.444. The molecule has 0 aliphatic rings. The highest BCUT2D eigenvalue weighted by molar-refractivity contribution is 5.89. The summed E-state index contributed by atoms with van der Waals surface area (Å²) in [5.74, 6) is 0. The second-order valence-electron chi connectivity index (χ2n) is 4.01. The number of carbonyl (C=O) groups is 1. The van der Waals surface area contributed by atoms with E-state index in [9.17, 15) is 18.0 Å². The lowest BCUT2D eigenvalue weighted by atomic mass is 10.2. The minimum absolute atomic E-state index is 0.306. The lowest BCUT2D eigenvalue weighted by molar-refractivity contribution is -0.137. The van der Waals surface area contributed by atoms with Crippen LogP contribution in [0.1, 0.15) is 18.9 Å². The lowest BCUT2D eigenvalue weighted by Gasteiger charge is -2.09. The second kappa shape index (κ2) is 7.74. The van der Waals surface area contributed by atoms with E-state index in [1.807, 2.05) is 6.92 Å². The van der Waals surface area contributed by atoms with Gasteiger partial charge in [0, 0.05) is 25.4 Å². The molecule has 0 fully saturated rings. The Hall–Kier alpha value is -1.76. The van der Waals surface area contributed by atoms with E-state index in [1.54, 1.807) is 0 Å². The number of benzene rings is 1. The number of hydrogen-bond acceptors (Lipinski definition) is 2. The second-order valence-corrected chi connectivity index (χ2v) is 4.01. The Bertz CT molecular complexity index is 419. The molecule has 0 bridgehead atoms. The average molecular weight is 290 g/mol. The van der Waals surface area contributed by atoms with E-state index in [0.29, 0.717) is 31.9 Å². The summed E-state index contributed by atoms with van der Waals surface area (Å²) in [6.07, 6.45) is -3.70. The molecule has 0 spiro atoms. The fourth-order valence-electron chi connectivity index (χ4n) is 1.44. The summed E-state index contributed by atoms with van der Waals surface area (Å²) < 4.78 is 42.1. The van der Waals surface area contributed by atoms with Gasteiger partial charge in [-0.2, -0.15) is 13.2 Å². The van der Waals surface area contributed by atoms with Gasteiger partial charge in [-0.1, -0.05) is 0 Å². The molecular formula is C13H17F3N2O2. The third kappa shape index (κ3) is 5.92. The highest BCUT2D eigenvalue weighted by Crippen LogP contribution is 2.29. The van der Waals surface area contributed by atoms with Crippen LogP contribution in [0.25, 0.3) is 0 Å². The third-order valence-electron chi connectivity index (χ3n) is 2.43. The molecule has 0 atom stereocenters. The third-order valence-corrected chi connectivity index (χ3v) is 2.43. The molecule has 0 aromatic heterocycles. The molecule has 0 saturated heterocycles. The van der Waals surface area contributed by atoms with E-state index in [-0.39, 0.29) is 0 Å². The van der Waals surface area contributed by atoms with Crippen molar-refractivity contribution < 1.29 is 22.7 Å². The standard InChI is InChI=1S/C13H17F3N2O2/c1-2-20-9-3-8-17-12(19)18-11-6-4-10(5-7-11)13(14,15)16/h4-7H,2-3,8-9H2,1H3,(H2,17,18,19). The van der Waals surface area contributed by atoms with E-state index in [2.05, 4.69) is 10.6 Å². The SMILES string of the molecule is CCOCCCNC(=O)Nc1ccc(C(F)(F)F)cc1. The fourth-order valence-corrected chi connectivity index (χ4v) is 1.44. The molecule has 1 rings (SSSR count). The fraction of sp³-hybridized carbons (Fsp3) is 0.462. The smallest absolute Gasteiger partial charge is 0.382 e. The molecular weight excluding hydrogens is 273 g/mol. The zero-order valence-electron chi connectivity index (χ0n) is 11.1. The first-order chi connectivity index (χ1) is 9.43. The van der Waals surface area contributed by atoms with Gasteiger partial charge in [0.15, 0.2) is 0 Å². The number of urea groups is 1. The average Bonchev–Trinajstić information content (AvgIpc) is 2.38. The van der Waals surface area contributed by atoms with E-state index < -0.39 is 17.8 Å². The summed E-state index contributed by atoms with van der Waals surface area (Å²) in [6, 6.07) is 3.81. The van der Waals surface area contributed by atoms with Crippen molar-refractivity contribution in [3.05, 3.63) is 29.8 Å². The molecule has 20 heavy (non-hydrogen) atoms. The van der Waals surface area contributed by atoms with Crippen LogP contribution in [0.3, 0.4) is 0 Å². The van der Waals surface area contributed by atoms with Crippen LogP contribution in [0.2, 0.25) is 0 Å². The largest absolute Gasteiger partial charge is 0.416 e. The van der Waals surface area contributed by atoms with Crippen LogP contribution in [0.5, 0.6) is 0 Å². The molecule has 112 valence electrons. The molecule has 4 nitrogen and oxygen atoms in total. The number of ether oxygens (including phenoxy) is 1. The molecule has 2 N–H and O–H groups in total. The Kier molecular flexibility index (Phi) is 6.30. The first-order valence-corrected chi connectivity index (χ1v) is 6.23. The quantitative estimate of drug-likeness (QED) is 0.790. The number of halogens is 3. The molecule has 2 amide bonds. The summed E-state index contributed by atoms with van der Waals surface area (Å²) >= 11 is 0. The van der Waals surface area contributed by atoms with E-state index >= 15 is 0 Å². The van der Waals surface area contributed by atoms with Gasteiger partial charge in [-0.3, -0.25) is 0 Å².